The highest BCUT2D eigenvalue weighted by molar-refractivity contribution is 5.74. The highest BCUT2D eigenvalue weighted by atomic mass is 16.5. The first-order valence-corrected chi connectivity index (χ1v) is 6.08. The molecular weight excluding hydrogens is 220 g/mol. The van der Waals surface area contributed by atoms with Crippen LogP contribution in [0.1, 0.15) is 39.5 Å². The molecule has 3 N–H and O–H groups in total. The summed E-state index contributed by atoms with van der Waals surface area (Å²) in [5.74, 6) is -0.249. The first kappa shape index (κ1) is 15.9. The second-order valence-electron chi connectivity index (χ2n) is 4.41. The summed E-state index contributed by atoms with van der Waals surface area (Å²) < 4.78 is 4.66. The fraction of sp³-hybridized carbons (Fsp3) is 0.833. The van der Waals surface area contributed by atoms with Gasteiger partial charge in [0, 0.05) is 18.9 Å². The van der Waals surface area contributed by atoms with Gasteiger partial charge in [-0.1, -0.05) is 13.3 Å². The molecule has 17 heavy (non-hydrogen) atoms. The van der Waals surface area contributed by atoms with Gasteiger partial charge in [0.1, 0.15) is 0 Å². The number of esters is 1. The van der Waals surface area contributed by atoms with E-state index in [2.05, 4.69) is 17.0 Å². The van der Waals surface area contributed by atoms with Crippen LogP contribution in [-0.4, -0.2) is 31.6 Å². The number of methoxy groups -OCH3 is 1. The van der Waals surface area contributed by atoms with E-state index < -0.39 is 0 Å². The van der Waals surface area contributed by atoms with Crippen LogP contribution in [0, 0.1) is 5.92 Å². The molecule has 0 aliphatic heterocycles. The van der Waals surface area contributed by atoms with Gasteiger partial charge in [-0.25, -0.2) is 0 Å². The van der Waals surface area contributed by atoms with Crippen LogP contribution in [0.2, 0.25) is 0 Å². The van der Waals surface area contributed by atoms with E-state index in [4.69, 9.17) is 5.73 Å². The van der Waals surface area contributed by atoms with Crippen LogP contribution >= 0.6 is 0 Å². The molecule has 0 aromatic heterocycles. The van der Waals surface area contributed by atoms with Crippen LogP contribution in [0.5, 0.6) is 0 Å². The zero-order valence-corrected chi connectivity index (χ0v) is 11.0. The third-order valence-electron chi connectivity index (χ3n) is 2.64. The summed E-state index contributed by atoms with van der Waals surface area (Å²) in [6, 6.07) is 0.0458. The molecule has 0 saturated heterocycles. The van der Waals surface area contributed by atoms with E-state index in [-0.39, 0.29) is 23.8 Å². The fourth-order valence-corrected chi connectivity index (χ4v) is 1.75. The van der Waals surface area contributed by atoms with Crippen LogP contribution in [0.4, 0.5) is 0 Å². The first-order chi connectivity index (χ1) is 7.99. The number of hydrogen-bond acceptors (Lipinski definition) is 4. The van der Waals surface area contributed by atoms with Crippen molar-refractivity contribution in [3.05, 3.63) is 0 Å². The Morgan fingerprint density at radius 2 is 2.00 bits per heavy atom. The molecular formula is C12H24N2O3. The molecule has 0 aliphatic carbocycles. The van der Waals surface area contributed by atoms with Crippen molar-refractivity contribution in [1.82, 2.24) is 5.32 Å². The van der Waals surface area contributed by atoms with Gasteiger partial charge in [-0.2, -0.15) is 0 Å². The van der Waals surface area contributed by atoms with Gasteiger partial charge in [0.25, 0.3) is 0 Å². The van der Waals surface area contributed by atoms with Gasteiger partial charge >= 0.3 is 5.97 Å². The summed E-state index contributed by atoms with van der Waals surface area (Å²) in [4.78, 5) is 21.9. The lowest BCUT2D eigenvalue weighted by molar-refractivity contribution is -0.141. The predicted octanol–water partition coefficient (Wildman–Crippen LogP) is 0.819. The Bertz CT molecular complexity index is 244. The average molecular weight is 244 g/mol. The molecule has 0 saturated carbocycles. The van der Waals surface area contributed by atoms with Crippen LogP contribution in [0.25, 0.3) is 0 Å². The Labute approximate surface area is 103 Å². The Hall–Kier alpha value is -1.10. The van der Waals surface area contributed by atoms with Crippen LogP contribution in [-0.2, 0) is 14.3 Å². The van der Waals surface area contributed by atoms with Crippen molar-refractivity contribution in [2.75, 3.05) is 13.7 Å². The number of nitrogens with two attached hydrogens (primary N) is 1. The Kier molecular flexibility index (Phi) is 8.40. The molecule has 5 heteroatoms. The molecule has 0 spiro atoms. The third-order valence-corrected chi connectivity index (χ3v) is 2.64. The molecule has 0 aromatic carbocycles. The Morgan fingerprint density at radius 3 is 2.47 bits per heavy atom. The van der Waals surface area contributed by atoms with Gasteiger partial charge in [-0.15, -0.1) is 0 Å². The molecule has 0 aromatic rings. The molecule has 0 rings (SSSR count). The number of nitrogens with one attached hydrogen (secondary N) is 1. The van der Waals surface area contributed by atoms with Crippen molar-refractivity contribution >= 4 is 11.9 Å². The smallest absolute Gasteiger partial charge is 0.305 e. The minimum Gasteiger partial charge on any atom is -0.469 e. The number of hydrogen-bond donors (Lipinski definition) is 2. The van der Waals surface area contributed by atoms with Crippen LogP contribution in [0.3, 0.4) is 0 Å². The van der Waals surface area contributed by atoms with Gasteiger partial charge in [-0.05, 0) is 25.8 Å². The van der Waals surface area contributed by atoms with Crippen LogP contribution < -0.4 is 11.1 Å². The van der Waals surface area contributed by atoms with Gasteiger partial charge in [0.2, 0.25) is 5.91 Å². The molecule has 5 nitrogen and oxygen atoms in total. The van der Waals surface area contributed by atoms with E-state index >= 15 is 0 Å². The fourth-order valence-electron chi connectivity index (χ4n) is 1.75. The monoisotopic (exact) mass is 244 g/mol. The summed E-state index contributed by atoms with van der Waals surface area (Å²) in [5.41, 5.74) is 5.11. The van der Waals surface area contributed by atoms with Crippen molar-refractivity contribution in [3.8, 4) is 0 Å². The summed E-state index contributed by atoms with van der Waals surface area (Å²) in [6.07, 6.45) is 2.72. The Morgan fingerprint density at radius 1 is 1.35 bits per heavy atom. The second kappa shape index (κ2) is 8.98. The third kappa shape index (κ3) is 8.68. The van der Waals surface area contributed by atoms with E-state index in [1.165, 1.54) is 7.11 Å². The van der Waals surface area contributed by atoms with Crippen molar-refractivity contribution in [2.45, 2.75) is 45.6 Å². The van der Waals surface area contributed by atoms with Gasteiger partial charge in [0.05, 0.1) is 7.11 Å². The van der Waals surface area contributed by atoms with E-state index in [1.807, 2.05) is 6.92 Å². The molecule has 100 valence electrons. The minimum absolute atomic E-state index is 0.0458. The van der Waals surface area contributed by atoms with Crippen molar-refractivity contribution in [1.29, 1.82) is 0 Å². The summed E-state index contributed by atoms with van der Waals surface area (Å²) in [5, 5.41) is 3.22. The first-order valence-electron chi connectivity index (χ1n) is 6.08. The van der Waals surface area contributed by atoms with Gasteiger partial charge in [-0.3, -0.25) is 9.59 Å². The molecule has 0 aliphatic rings. The second-order valence-corrected chi connectivity index (χ2v) is 4.41. The standard InChI is InChI=1S/C12H24N2O3/c1-4-5-10(7-12(16)17-3)8-14-9(2)6-11(13)15/h9-10,14H,4-8H2,1-3H3,(H2,13,15)/t9-,10-/m0/s1. The van der Waals surface area contributed by atoms with E-state index in [9.17, 15) is 9.59 Å². The quantitative estimate of drug-likeness (QED) is 0.588. The van der Waals surface area contributed by atoms with E-state index in [0.717, 1.165) is 12.8 Å². The lowest BCUT2D eigenvalue weighted by Gasteiger charge is -2.18. The topological polar surface area (TPSA) is 81.4 Å². The maximum absolute atomic E-state index is 11.2. The molecule has 1 amide bonds. The van der Waals surface area contributed by atoms with Crippen molar-refractivity contribution < 1.29 is 14.3 Å². The number of rotatable bonds is 9. The predicted molar refractivity (Wildman–Crippen MR) is 66.3 cm³/mol. The van der Waals surface area contributed by atoms with Gasteiger partial charge < -0.3 is 15.8 Å². The summed E-state index contributed by atoms with van der Waals surface area (Å²) in [6.45, 7) is 4.69. The number of carbonyl (C=O) groups excluding carboxylic acids is 2. The molecule has 2 atom stereocenters. The maximum Gasteiger partial charge on any atom is 0.305 e. The zero-order chi connectivity index (χ0) is 13.3. The van der Waals surface area contributed by atoms with Crippen molar-refractivity contribution in [2.24, 2.45) is 11.7 Å². The summed E-state index contributed by atoms with van der Waals surface area (Å²) >= 11 is 0. The number of primary amides is 1. The molecule has 0 unspecified atom stereocenters. The zero-order valence-electron chi connectivity index (χ0n) is 11.0. The number of ether oxygens (including phenoxy) is 1. The van der Waals surface area contributed by atoms with Crippen molar-refractivity contribution in [3.63, 3.8) is 0 Å². The average Bonchev–Trinajstić information content (AvgIpc) is 2.25. The van der Waals surface area contributed by atoms with E-state index in [0.29, 0.717) is 19.4 Å². The minimum atomic E-state index is -0.315. The number of carbonyl (C=O) groups is 2. The maximum atomic E-state index is 11.2. The molecule has 0 radical (unpaired) electrons. The number of amides is 1. The van der Waals surface area contributed by atoms with E-state index in [1.54, 1.807) is 0 Å². The molecule has 0 heterocycles. The van der Waals surface area contributed by atoms with Gasteiger partial charge in [0.15, 0.2) is 0 Å². The largest absolute Gasteiger partial charge is 0.469 e. The summed E-state index contributed by atoms with van der Waals surface area (Å²) in [7, 11) is 1.40. The van der Waals surface area contributed by atoms with Crippen LogP contribution in [0.15, 0.2) is 0 Å². The SMILES string of the molecule is CCC[C@H](CN[C@@H](C)CC(N)=O)CC(=O)OC. The highest BCUT2D eigenvalue weighted by Gasteiger charge is 2.15. The normalized spacial score (nSPS) is 14.1. The Balaban J connectivity index is 3.98. The molecule has 0 bridgehead atoms. The lowest BCUT2D eigenvalue weighted by Crippen LogP contribution is -2.35. The lowest BCUT2D eigenvalue weighted by atomic mass is 9.99. The molecule has 0 fully saturated rings. The highest BCUT2D eigenvalue weighted by Crippen LogP contribution is 2.11.